The molecule has 36 heavy (non-hydrogen) atoms. The van der Waals surface area contributed by atoms with Crippen molar-refractivity contribution in [3.63, 3.8) is 0 Å². The standard InChI is InChI=1S/C31H38N2O3/c1-5-24(4)32-31(35)29(20-26-10-8-7-9-11-26)33(21-27-14-12-23(3)13-15-27)30(34)22-36-28-18-16-25(6-2)17-19-28/h7-19,24,29H,5-6,20-22H2,1-4H3,(H,32,35)/t24-,29+/m0/s1. The third kappa shape index (κ3) is 7.98. The molecule has 0 aliphatic heterocycles. The molecule has 3 aromatic carbocycles. The molecule has 5 heteroatoms. The van der Waals surface area contributed by atoms with Gasteiger partial charge in [0.15, 0.2) is 6.61 Å². The first-order valence-corrected chi connectivity index (χ1v) is 12.8. The van der Waals surface area contributed by atoms with Crippen molar-refractivity contribution in [2.75, 3.05) is 6.61 Å². The molecule has 2 atom stereocenters. The summed E-state index contributed by atoms with van der Waals surface area (Å²) in [6, 6.07) is 25.0. The molecule has 0 unspecified atom stereocenters. The first-order chi connectivity index (χ1) is 17.4. The van der Waals surface area contributed by atoms with E-state index in [-0.39, 0.29) is 24.5 Å². The summed E-state index contributed by atoms with van der Waals surface area (Å²) in [5.74, 6) is 0.260. The molecule has 5 nitrogen and oxygen atoms in total. The number of aryl methyl sites for hydroxylation is 2. The van der Waals surface area contributed by atoms with Crippen LogP contribution in [0.4, 0.5) is 0 Å². The van der Waals surface area contributed by atoms with Gasteiger partial charge in [0.05, 0.1) is 0 Å². The summed E-state index contributed by atoms with van der Waals surface area (Å²) in [5, 5.41) is 3.09. The third-order valence-electron chi connectivity index (χ3n) is 6.44. The van der Waals surface area contributed by atoms with Crippen LogP contribution in [-0.4, -0.2) is 35.4 Å². The highest BCUT2D eigenvalue weighted by atomic mass is 16.5. The minimum Gasteiger partial charge on any atom is -0.484 e. The molecular weight excluding hydrogens is 448 g/mol. The number of hydrogen-bond donors (Lipinski definition) is 1. The number of nitrogens with zero attached hydrogens (tertiary/aromatic N) is 1. The van der Waals surface area contributed by atoms with Crippen molar-refractivity contribution < 1.29 is 14.3 Å². The van der Waals surface area contributed by atoms with Crippen molar-refractivity contribution in [3.05, 3.63) is 101 Å². The van der Waals surface area contributed by atoms with Crippen LogP contribution in [-0.2, 0) is 29.0 Å². The van der Waals surface area contributed by atoms with E-state index in [4.69, 9.17) is 4.74 Å². The fourth-order valence-electron chi connectivity index (χ4n) is 3.93. The molecule has 0 spiro atoms. The van der Waals surface area contributed by atoms with Crippen LogP contribution in [0.3, 0.4) is 0 Å². The number of carbonyl (C=O) groups is 2. The van der Waals surface area contributed by atoms with Crippen LogP contribution in [0.15, 0.2) is 78.9 Å². The van der Waals surface area contributed by atoms with Crippen molar-refractivity contribution in [3.8, 4) is 5.75 Å². The molecule has 0 aromatic heterocycles. The second-order valence-electron chi connectivity index (χ2n) is 9.32. The van der Waals surface area contributed by atoms with Crippen molar-refractivity contribution in [2.24, 2.45) is 0 Å². The highest BCUT2D eigenvalue weighted by Crippen LogP contribution is 2.17. The maximum Gasteiger partial charge on any atom is 0.261 e. The zero-order valence-corrected chi connectivity index (χ0v) is 21.9. The highest BCUT2D eigenvalue weighted by Gasteiger charge is 2.31. The largest absolute Gasteiger partial charge is 0.484 e. The Bertz CT molecular complexity index is 1090. The molecule has 0 saturated heterocycles. The average molecular weight is 487 g/mol. The summed E-state index contributed by atoms with van der Waals surface area (Å²) in [4.78, 5) is 28.8. The Balaban J connectivity index is 1.88. The van der Waals surface area contributed by atoms with Gasteiger partial charge >= 0.3 is 0 Å². The number of hydrogen-bond acceptors (Lipinski definition) is 3. The summed E-state index contributed by atoms with van der Waals surface area (Å²) >= 11 is 0. The first kappa shape index (κ1) is 27.0. The monoisotopic (exact) mass is 486 g/mol. The van der Waals surface area contributed by atoms with Gasteiger partial charge in [0, 0.05) is 19.0 Å². The van der Waals surface area contributed by atoms with Crippen LogP contribution in [0.5, 0.6) is 5.75 Å². The van der Waals surface area contributed by atoms with Gasteiger partial charge in [-0.2, -0.15) is 0 Å². The maximum atomic E-state index is 13.6. The molecule has 3 rings (SSSR count). The zero-order chi connectivity index (χ0) is 25.9. The first-order valence-electron chi connectivity index (χ1n) is 12.8. The summed E-state index contributed by atoms with van der Waals surface area (Å²) in [5.41, 5.74) is 4.32. The van der Waals surface area contributed by atoms with E-state index in [9.17, 15) is 9.59 Å². The summed E-state index contributed by atoms with van der Waals surface area (Å²) in [6.45, 7) is 8.32. The van der Waals surface area contributed by atoms with Crippen molar-refractivity contribution in [1.29, 1.82) is 0 Å². The van der Waals surface area contributed by atoms with E-state index in [1.165, 1.54) is 5.56 Å². The van der Waals surface area contributed by atoms with Gasteiger partial charge < -0.3 is 15.0 Å². The fraction of sp³-hybridized carbons (Fsp3) is 0.355. The Labute approximate surface area is 215 Å². The summed E-state index contributed by atoms with van der Waals surface area (Å²) < 4.78 is 5.86. The van der Waals surface area contributed by atoms with Crippen LogP contribution in [0, 0.1) is 6.92 Å². The van der Waals surface area contributed by atoms with E-state index in [0.717, 1.165) is 29.5 Å². The van der Waals surface area contributed by atoms with Gasteiger partial charge in [0.25, 0.3) is 5.91 Å². The molecule has 190 valence electrons. The molecule has 0 aliphatic carbocycles. The SMILES string of the molecule is CCc1ccc(OCC(=O)N(Cc2ccc(C)cc2)[C@H](Cc2ccccc2)C(=O)N[C@@H](C)CC)cc1. The van der Waals surface area contributed by atoms with Gasteiger partial charge in [-0.05, 0) is 55.5 Å². The molecule has 3 aromatic rings. The molecule has 2 amide bonds. The lowest BCUT2D eigenvalue weighted by Crippen LogP contribution is -2.53. The summed E-state index contributed by atoms with van der Waals surface area (Å²) in [6.07, 6.45) is 2.18. The molecule has 0 aliphatic rings. The fourth-order valence-corrected chi connectivity index (χ4v) is 3.93. The number of amides is 2. The molecule has 0 bridgehead atoms. The van der Waals surface area contributed by atoms with Crippen molar-refractivity contribution in [1.82, 2.24) is 10.2 Å². The Morgan fingerprint density at radius 3 is 2.11 bits per heavy atom. The number of ether oxygens (including phenoxy) is 1. The van der Waals surface area contributed by atoms with Crippen molar-refractivity contribution >= 4 is 11.8 Å². The second kappa shape index (κ2) is 13.5. The van der Waals surface area contributed by atoms with Crippen LogP contribution in [0.25, 0.3) is 0 Å². The average Bonchev–Trinajstić information content (AvgIpc) is 2.91. The van der Waals surface area contributed by atoms with Crippen LogP contribution in [0.2, 0.25) is 0 Å². The molecule has 0 heterocycles. The van der Waals surface area contributed by atoms with Crippen LogP contribution < -0.4 is 10.1 Å². The molecular formula is C31H38N2O3. The zero-order valence-electron chi connectivity index (χ0n) is 21.9. The van der Waals surface area contributed by atoms with Gasteiger partial charge in [-0.25, -0.2) is 0 Å². The van der Waals surface area contributed by atoms with E-state index in [1.54, 1.807) is 4.90 Å². The lowest BCUT2D eigenvalue weighted by Gasteiger charge is -2.32. The summed E-state index contributed by atoms with van der Waals surface area (Å²) in [7, 11) is 0. The number of benzene rings is 3. The minimum absolute atomic E-state index is 0.0143. The van der Waals surface area contributed by atoms with Gasteiger partial charge in [-0.15, -0.1) is 0 Å². The van der Waals surface area contributed by atoms with E-state index in [0.29, 0.717) is 18.7 Å². The van der Waals surface area contributed by atoms with Gasteiger partial charge in [-0.3, -0.25) is 9.59 Å². The Morgan fingerprint density at radius 1 is 0.861 bits per heavy atom. The molecule has 0 radical (unpaired) electrons. The number of nitrogens with one attached hydrogen (secondary N) is 1. The topological polar surface area (TPSA) is 58.6 Å². The predicted octanol–water partition coefficient (Wildman–Crippen LogP) is 5.49. The molecule has 0 fully saturated rings. The quantitative estimate of drug-likeness (QED) is 0.368. The minimum atomic E-state index is -0.665. The Hall–Kier alpha value is -3.60. The van der Waals surface area contributed by atoms with Crippen molar-refractivity contribution in [2.45, 2.75) is 65.6 Å². The smallest absolute Gasteiger partial charge is 0.261 e. The van der Waals surface area contributed by atoms with E-state index in [1.807, 2.05) is 99.6 Å². The third-order valence-corrected chi connectivity index (χ3v) is 6.44. The molecule has 0 saturated carbocycles. The molecule has 1 N–H and O–H groups in total. The number of carbonyl (C=O) groups excluding carboxylic acids is 2. The lowest BCUT2D eigenvalue weighted by molar-refractivity contribution is -0.143. The van der Waals surface area contributed by atoms with E-state index < -0.39 is 6.04 Å². The van der Waals surface area contributed by atoms with E-state index in [2.05, 4.69) is 12.2 Å². The van der Waals surface area contributed by atoms with Crippen LogP contribution in [0.1, 0.15) is 49.4 Å². The van der Waals surface area contributed by atoms with Crippen LogP contribution >= 0.6 is 0 Å². The van der Waals surface area contributed by atoms with Gasteiger partial charge in [-0.1, -0.05) is 86.1 Å². The van der Waals surface area contributed by atoms with Gasteiger partial charge in [0.2, 0.25) is 5.91 Å². The lowest BCUT2D eigenvalue weighted by atomic mass is 10.0. The Kier molecular flexibility index (Phi) is 10.1. The Morgan fingerprint density at radius 2 is 1.50 bits per heavy atom. The maximum absolute atomic E-state index is 13.6. The van der Waals surface area contributed by atoms with E-state index >= 15 is 0 Å². The predicted molar refractivity (Wildman–Crippen MR) is 145 cm³/mol. The number of rotatable bonds is 12. The highest BCUT2D eigenvalue weighted by molar-refractivity contribution is 5.88. The van der Waals surface area contributed by atoms with Gasteiger partial charge in [0.1, 0.15) is 11.8 Å². The second-order valence-corrected chi connectivity index (χ2v) is 9.32. The normalized spacial score (nSPS) is 12.4.